The van der Waals surface area contributed by atoms with Crippen LogP contribution in [0.1, 0.15) is 13.8 Å². The molecular weight excluding hydrogens is 152 g/mol. The standard InChI is InChI=1S/C6H9O5/c1-4(7)10-3-6(9)11-5(2)8/h6H,3H2,1-2H3. The van der Waals surface area contributed by atoms with Gasteiger partial charge in [0.1, 0.15) is 0 Å². The Balaban J connectivity index is 3.44. The van der Waals surface area contributed by atoms with Crippen LogP contribution in [0.5, 0.6) is 0 Å². The van der Waals surface area contributed by atoms with Gasteiger partial charge in [-0.25, -0.2) is 0 Å². The van der Waals surface area contributed by atoms with Crippen molar-refractivity contribution in [2.75, 3.05) is 6.61 Å². The number of hydrogen-bond acceptors (Lipinski definition) is 4. The third-order valence-electron chi connectivity index (χ3n) is 0.720. The summed E-state index contributed by atoms with van der Waals surface area (Å²) >= 11 is 0. The monoisotopic (exact) mass is 161 g/mol. The average molecular weight is 161 g/mol. The largest absolute Gasteiger partial charge is 0.459 e. The van der Waals surface area contributed by atoms with Gasteiger partial charge in [0, 0.05) is 13.8 Å². The second-order valence-corrected chi connectivity index (χ2v) is 1.84. The molecule has 11 heavy (non-hydrogen) atoms. The first kappa shape index (κ1) is 9.90. The summed E-state index contributed by atoms with van der Waals surface area (Å²) < 4.78 is 8.40. The first-order valence-electron chi connectivity index (χ1n) is 2.98. The van der Waals surface area contributed by atoms with E-state index in [0.29, 0.717) is 0 Å². The van der Waals surface area contributed by atoms with Gasteiger partial charge in [0.2, 0.25) is 0 Å². The van der Waals surface area contributed by atoms with Crippen molar-refractivity contribution < 1.29 is 24.2 Å². The molecular formula is C6H9O5. The molecule has 0 aliphatic rings. The van der Waals surface area contributed by atoms with E-state index in [-0.39, 0.29) is 0 Å². The molecule has 63 valence electrons. The second kappa shape index (κ2) is 4.68. The highest BCUT2D eigenvalue weighted by atomic mass is 16.7. The lowest BCUT2D eigenvalue weighted by Gasteiger charge is -2.07. The molecule has 0 aliphatic carbocycles. The van der Waals surface area contributed by atoms with Crippen LogP contribution >= 0.6 is 0 Å². The summed E-state index contributed by atoms with van der Waals surface area (Å²) in [4.78, 5) is 20.3. The minimum absolute atomic E-state index is 0.436. The molecule has 5 heteroatoms. The maximum Gasteiger partial charge on any atom is 0.305 e. The highest BCUT2D eigenvalue weighted by Crippen LogP contribution is 1.90. The number of rotatable bonds is 3. The van der Waals surface area contributed by atoms with E-state index < -0.39 is 24.8 Å². The Bertz CT molecular complexity index is 153. The third kappa shape index (κ3) is 6.79. The van der Waals surface area contributed by atoms with E-state index in [2.05, 4.69) is 9.47 Å². The van der Waals surface area contributed by atoms with Crippen molar-refractivity contribution in [3.63, 3.8) is 0 Å². The smallest absolute Gasteiger partial charge is 0.305 e. The summed E-state index contributed by atoms with van der Waals surface area (Å²) in [5.41, 5.74) is 0. The van der Waals surface area contributed by atoms with Crippen LogP contribution in [0.2, 0.25) is 0 Å². The van der Waals surface area contributed by atoms with E-state index in [0.717, 1.165) is 6.92 Å². The topological polar surface area (TPSA) is 72.5 Å². The predicted octanol–water partition coefficient (Wildman–Crippen LogP) is -0.131. The zero-order valence-corrected chi connectivity index (χ0v) is 6.33. The van der Waals surface area contributed by atoms with Crippen LogP contribution in [0.4, 0.5) is 0 Å². The van der Waals surface area contributed by atoms with Crippen LogP contribution < -0.4 is 0 Å². The summed E-state index contributed by atoms with van der Waals surface area (Å²) in [5.74, 6) is -1.25. The van der Waals surface area contributed by atoms with Crippen LogP contribution in [-0.4, -0.2) is 24.8 Å². The SMILES string of the molecule is CC(=O)OCC([O])OC(C)=O. The van der Waals surface area contributed by atoms with Crippen LogP contribution in [0.15, 0.2) is 0 Å². The summed E-state index contributed by atoms with van der Waals surface area (Å²) in [5, 5.41) is 10.5. The second-order valence-electron chi connectivity index (χ2n) is 1.84. The first-order valence-corrected chi connectivity index (χ1v) is 2.98. The van der Waals surface area contributed by atoms with Gasteiger partial charge in [0.05, 0.1) is 0 Å². The van der Waals surface area contributed by atoms with E-state index in [9.17, 15) is 14.7 Å². The fourth-order valence-corrected chi connectivity index (χ4v) is 0.405. The van der Waals surface area contributed by atoms with Crippen LogP contribution in [-0.2, 0) is 24.2 Å². The molecule has 0 spiro atoms. The number of ether oxygens (including phenoxy) is 2. The molecule has 0 aromatic heterocycles. The van der Waals surface area contributed by atoms with Crippen molar-refractivity contribution >= 4 is 11.9 Å². The Kier molecular flexibility index (Phi) is 4.21. The van der Waals surface area contributed by atoms with Gasteiger partial charge in [-0.15, -0.1) is 0 Å². The fraction of sp³-hybridized carbons (Fsp3) is 0.667. The molecule has 1 radical (unpaired) electrons. The summed E-state index contributed by atoms with van der Waals surface area (Å²) in [6.07, 6.45) is -1.61. The van der Waals surface area contributed by atoms with Crippen molar-refractivity contribution in [1.29, 1.82) is 0 Å². The van der Waals surface area contributed by atoms with Gasteiger partial charge in [-0.05, 0) is 0 Å². The molecule has 1 atom stereocenters. The molecule has 0 saturated heterocycles. The van der Waals surface area contributed by atoms with E-state index in [1.165, 1.54) is 6.92 Å². The van der Waals surface area contributed by atoms with Gasteiger partial charge >= 0.3 is 11.9 Å². The van der Waals surface area contributed by atoms with Crippen molar-refractivity contribution in [3.8, 4) is 0 Å². The van der Waals surface area contributed by atoms with Crippen LogP contribution in [0, 0.1) is 0 Å². The average Bonchev–Trinajstić information content (AvgIpc) is 1.82. The quantitative estimate of drug-likeness (QED) is 0.427. The minimum Gasteiger partial charge on any atom is -0.459 e. The maximum atomic E-state index is 10.5. The van der Waals surface area contributed by atoms with Gasteiger partial charge in [-0.3, -0.25) is 9.59 Å². The molecule has 0 saturated carbocycles. The highest BCUT2D eigenvalue weighted by Gasteiger charge is 2.10. The predicted molar refractivity (Wildman–Crippen MR) is 32.9 cm³/mol. The van der Waals surface area contributed by atoms with Crippen LogP contribution in [0.3, 0.4) is 0 Å². The summed E-state index contributed by atoms with van der Waals surface area (Å²) in [6, 6.07) is 0. The Morgan fingerprint density at radius 2 is 1.82 bits per heavy atom. The van der Waals surface area contributed by atoms with Crippen molar-refractivity contribution in [3.05, 3.63) is 0 Å². The Morgan fingerprint density at radius 1 is 1.27 bits per heavy atom. The number of carbonyl (C=O) groups excluding carboxylic acids is 2. The highest BCUT2D eigenvalue weighted by molar-refractivity contribution is 5.66. The number of hydrogen-bond donors (Lipinski definition) is 0. The maximum absolute atomic E-state index is 10.5. The lowest BCUT2D eigenvalue weighted by atomic mass is 10.6. The fourth-order valence-electron chi connectivity index (χ4n) is 0.405. The minimum atomic E-state index is -1.61. The number of esters is 2. The Hall–Kier alpha value is -1.10. The van der Waals surface area contributed by atoms with E-state index in [1.807, 2.05) is 0 Å². The lowest BCUT2D eigenvalue weighted by molar-refractivity contribution is -0.192. The van der Waals surface area contributed by atoms with Crippen molar-refractivity contribution in [2.24, 2.45) is 0 Å². The molecule has 0 aromatic carbocycles. The zero-order chi connectivity index (χ0) is 8.85. The lowest BCUT2D eigenvalue weighted by Crippen LogP contribution is -2.21. The van der Waals surface area contributed by atoms with E-state index in [1.54, 1.807) is 0 Å². The zero-order valence-electron chi connectivity index (χ0n) is 6.33. The number of carbonyl (C=O) groups is 2. The molecule has 0 bridgehead atoms. The summed E-state index contributed by atoms with van der Waals surface area (Å²) in [6.45, 7) is 1.84. The van der Waals surface area contributed by atoms with Crippen LogP contribution in [0.25, 0.3) is 0 Å². The van der Waals surface area contributed by atoms with E-state index in [4.69, 9.17) is 0 Å². The van der Waals surface area contributed by atoms with Gasteiger partial charge in [-0.2, -0.15) is 5.11 Å². The van der Waals surface area contributed by atoms with Crippen molar-refractivity contribution in [1.82, 2.24) is 0 Å². The molecule has 0 rings (SSSR count). The molecule has 1 unspecified atom stereocenters. The van der Waals surface area contributed by atoms with Crippen molar-refractivity contribution in [2.45, 2.75) is 20.1 Å². The molecule has 0 fully saturated rings. The van der Waals surface area contributed by atoms with Gasteiger partial charge in [0.15, 0.2) is 6.61 Å². The van der Waals surface area contributed by atoms with Gasteiger partial charge < -0.3 is 9.47 Å². The normalized spacial score (nSPS) is 11.9. The Morgan fingerprint density at radius 3 is 2.18 bits per heavy atom. The molecule has 5 nitrogen and oxygen atoms in total. The van der Waals surface area contributed by atoms with Gasteiger partial charge in [-0.1, -0.05) is 0 Å². The Labute approximate surface area is 63.9 Å². The molecule has 0 N–H and O–H groups in total. The van der Waals surface area contributed by atoms with E-state index >= 15 is 0 Å². The summed E-state index contributed by atoms with van der Waals surface area (Å²) in [7, 11) is 0. The first-order chi connectivity index (χ1) is 5.02. The molecule has 0 aliphatic heterocycles. The van der Waals surface area contributed by atoms with Gasteiger partial charge in [0.25, 0.3) is 6.29 Å². The molecule has 0 amide bonds. The third-order valence-corrected chi connectivity index (χ3v) is 0.720. The molecule has 0 aromatic rings. The molecule has 0 heterocycles.